The Morgan fingerprint density at radius 2 is 2.08 bits per heavy atom. The number of nitrogens with zero attached hydrogens (tertiary/aromatic N) is 3. The lowest BCUT2D eigenvalue weighted by molar-refractivity contribution is -0.384. The highest BCUT2D eigenvalue weighted by Gasteiger charge is 2.22. The van der Waals surface area contributed by atoms with Gasteiger partial charge in [-0.15, -0.1) is 0 Å². The van der Waals surface area contributed by atoms with E-state index in [0.717, 1.165) is 5.69 Å². The third-order valence-corrected chi connectivity index (χ3v) is 3.63. The van der Waals surface area contributed by atoms with Gasteiger partial charge in [0, 0.05) is 12.2 Å². The van der Waals surface area contributed by atoms with Gasteiger partial charge >= 0.3 is 0 Å². The summed E-state index contributed by atoms with van der Waals surface area (Å²) in [5.74, 6) is -0.0367. The van der Waals surface area contributed by atoms with Crippen LogP contribution in [0.5, 0.6) is 5.75 Å². The van der Waals surface area contributed by atoms with E-state index in [9.17, 15) is 14.9 Å². The van der Waals surface area contributed by atoms with Crippen LogP contribution in [-0.4, -0.2) is 27.2 Å². The molecule has 0 saturated heterocycles. The molecule has 0 atom stereocenters. The minimum Gasteiger partial charge on any atom is -0.494 e. The van der Waals surface area contributed by atoms with Crippen LogP contribution in [0.3, 0.4) is 0 Å². The number of aryl methyl sites for hydroxylation is 2. The van der Waals surface area contributed by atoms with E-state index in [1.165, 1.54) is 12.1 Å². The molecule has 8 nitrogen and oxygen atoms in total. The van der Waals surface area contributed by atoms with Gasteiger partial charge in [-0.05, 0) is 39.8 Å². The normalized spacial score (nSPS) is 10.5. The lowest BCUT2D eigenvalue weighted by atomic mass is 10.1. The SMILES string of the molecule is CCOc1ccc(NC(=O)c2c(C)nn(CC)c2C)c([N+](=O)[O-])c1. The summed E-state index contributed by atoms with van der Waals surface area (Å²) in [6.45, 7) is 8.29. The number of amides is 1. The second-order valence-electron chi connectivity index (χ2n) is 5.18. The zero-order chi connectivity index (χ0) is 17.9. The molecule has 0 aliphatic heterocycles. The maximum Gasteiger partial charge on any atom is 0.296 e. The molecule has 0 saturated carbocycles. The number of anilines is 1. The molecule has 1 aromatic heterocycles. The molecule has 1 heterocycles. The first-order valence-electron chi connectivity index (χ1n) is 7.65. The van der Waals surface area contributed by atoms with Crippen LogP contribution in [0.25, 0.3) is 0 Å². The number of hydrogen-bond acceptors (Lipinski definition) is 5. The van der Waals surface area contributed by atoms with Crippen molar-refractivity contribution >= 4 is 17.3 Å². The number of hydrogen-bond donors (Lipinski definition) is 1. The number of ether oxygens (including phenoxy) is 1. The summed E-state index contributed by atoms with van der Waals surface area (Å²) in [7, 11) is 0. The van der Waals surface area contributed by atoms with Crippen molar-refractivity contribution in [2.75, 3.05) is 11.9 Å². The number of carbonyl (C=O) groups is 1. The Morgan fingerprint density at radius 3 is 2.62 bits per heavy atom. The monoisotopic (exact) mass is 332 g/mol. The van der Waals surface area contributed by atoms with Gasteiger partial charge in [-0.25, -0.2) is 0 Å². The molecule has 8 heteroatoms. The van der Waals surface area contributed by atoms with Gasteiger partial charge in [0.05, 0.1) is 28.9 Å². The molecule has 0 aliphatic carbocycles. The van der Waals surface area contributed by atoms with E-state index in [2.05, 4.69) is 10.4 Å². The van der Waals surface area contributed by atoms with Crippen LogP contribution in [-0.2, 0) is 6.54 Å². The lowest BCUT2D eigenvalue weighted by Crippen LogP contribution is -2.15. The van der Waals surface area contributed by atoms with Crippen molar-refractivity contribution in [1.29, 1.82) is 0 Å². The van der Waals surface area contributed by atoms with Gasteiger partial charge in [0.15, 0.2) is 0 Å². The van der Waals surface area contributed by atoms with Gasteiger partial charge in [0.1, 0.15) is 11.4 Å². The molecule has 0 bridgehead atoms. The van der Waals surface area contributed by atoms with Crippen molar-refractivity contribution in [3.05, 3.63) is 45.3 Å². The largest absolute Gasteiger partial charge is 0.494 e. The Bertz CT molecular complexity index is 783. The van der Waals surface area contributed by atoms with Crippen LogP contribution in [0.15, 0.2) is 18.2 Å². The molecule has 1 N–H and O–H groups in total. The van der Waals surface area contributed by atoms with E-state index in [-0.39, 0.29) is 11.4 Å². The van der Waals surface area contributed by atoms with Gasteiger partial charge in [0.25, 0.3) is 11.6 Å². The summed E-state index contributed by atoms with van der Waals surface area (Å²) in [6.07, 6.45) is 0. The Morgan fingerprint density at radius 1 is 1.38 bits per heavy atom. The number of carbonyl (C=O) groups excluding carboxylic acids is 1. The van der Waals surface area contributed by atoms with Gasteiger partial charge in [-0.2, -0.15) is 5.10 Å². The van der Waals surface area contributed by atoms with Crippen LogP contribution in [0.4, 0.5) is 11.4 Å². The minimum atomic E-state index is -0.548. The van der Waals surface area contributed by atoms with Crippen LogP contribution >= 0.6 is 0 Å². The minimum absolute atomic E-state index is 0.122. The van der Waals surface area contributed by atoms with E-state index in [0.29, 0.717) is 30.2 Å². The standard InChI is InChI=1S/C16H20N4O4/c1-5-19-11(4)15(10(3)18-19)16(21)17-13-8-7-12(24-6-2)9-14(13)20(22)23/h7-9H,5-6H2,1-4H3,(H,17,21). The zero-order valence-corrected chi connectivity index (χ0v) is 14.1. The maximum absolute atomic E-state index is 12.6. The van der Waals surface area contributed by atoms with Crippen molar-refractivity contribution in [2.45, 2.75) is 34.2 Å². The Hall–Kier alpha value is -2.90. The average Bonchev–Trinajstić information content (AvgIpc) is 2.82. The molecule has 0 unspecified atom stereocenters. The van der Waals surface area contributed by atoms with Crippen LogP contribution in [0, 0.1) is 24.0 Å². The number of nitro groups is 1. The molecular weight excluding hydrogens is 312 g/mol. The molecule has 0 radical (unpaired) electrons. The van der Waals surface area contributed by atoms with Gasteiger partial charge in [-0.3, -0.25) is 19.6 Å². The maximum atomic E-state index is 12.6. The van der Waals surface area contributed by atoms with Crippen LogP contribution < -0.4 is 10.1 Å². The first-order chi connectivity index (χ1) is 11.4. The van der Waals surface area contributed by atoms with E-state index in [4.69, 9.17) is 4.74 Å². The summed E-state index contributed by atoms with van der Waals surface area (Å²) in [6, 6.07) is 4.35. The second kappa shape index (κ2) is 7.12. The summed E-state index contributed by atoms with van der Waals surface area (Å²) in [4.78, 5) is 23.3. The van der Waals surface area contributed by atoms with Gasteiger partial charge < -0.3 is 10.1 Å². The third kappa shape index (κ3) is 3.37. The molecule has 2 aromatic rings. The predicted octanol–water partition coefficient (Wildman–Crippen LogP) is 3.08. The molecule has 0 spiro atoms. The second-order valence-corrected chi connectivity index (χ2v) is 5.18. The molecule has 0 aliphatic rings. The molecule has 2 rings (SSSR count). The van der Waals surface area contributed by atoms with Crippen molar-refractivity contribution in [2.24, 2.45) is 0 Å². The summed E-state index contributed by atoms with van der Waals surface area (Å²) in [5, 5.41) is 18.2. The van der Waals surface area contributed by atoms with Crippen molar-refractivity contribution in [1.82, 2.24) is 9.78 Å². The van der Waals surface area contributed by atoms with Crippen LogP contribution in [0.2, 0.25) is 0 Å². The highest BCUT2D eigenvalue weighted by atomic mass is 16.6. The highest BCUT2D eigenvalue weighted by molar-refractivity contribution is 6.07. The van der Waals surface area contributed by atoms with E-state index in [1.54, 1.807) is 31.5 Å². The first-order valence-corrected chi connectivity index (χ1v) is 7.65. The van der Waals surface area contributed by atoms with E-state index >= 15 is 0 Å². The zero-order valence-electron chi connectivity index (χ0n) is 14.1. The van der Waals surface area contributed by atoms with Crippen molar-refractivity contribution in [3.63, 3.8) is 0 Å². The number of aromatic nitrogens is 2. The lowest BCUT2D eigenvalue weighted by Gasteiger charge is -2.09. The third-order valence-electron chi connectivity index (χ3n) is 3.63. The number of rotatable bonds is 6. The first kappa shape index (κ1) is 17.5. The Balaban J connectivity index is 2.35. The summed E-state index contributed by atoms with van der Waals surface area (Å²) in [5.41, 5.74) is 1.64. The Labute approximate surface area is 139 Å². The van der Waals surface area contributed by atoms with E-state index < -0.39 is 10.8 Å². The molecule has 1 amide bonds. The summed E-state index contributed by atoms with van der Waals surface area (Å²) >= 11 is 0. The fourth-order valence-electron chi connectivity index (χ4n) is 2.54. The molecular formula is C16H20N4O4. The fourth-order valence-corrected chi connectivity index (χ4v) is 2.54. The van der Waals surface area contributed by atoms with Gasteiger partial charge in [-0.1, -0.05) is 0 Å². The predicted molar refractivity (Wildman–Crippen MR) is 89.6 cm³/mol. The number of benzene rings is 1. The van der Waals surface area contributed by atoms with Crippen molar-refractivity contribution in [3.8, 4) is 5.75 Å². The number of nitro benzene ring substituents is 1. The van der Waals surface area contributed by atoms with Gasteiger partial charge in [0.2, 0.25) is 0 Å². The quantitative estimate of drug-likeness (QED) is 0.647. The van der Waals surface area contributed by atoms with Crippen molar-refractivity contribution < 1.29 is 14.5 Å². The number of nitrogens with one attached hydrogen (secondary N) is 1. The topological polar surface area (TPSA) is 99.3 Å². The van der Waals surface area contributed by atoms with E-state index in [1.807, 2.05) is 6.92 Å². The average molecular weight is 332 g/mol. The highest BCUT2D eigenvalue weighted by Crippen LogP contribution is 2.30. The molecule has 0 fully saturated rings. The molecule has 1 aromatic carbocycles. The smallest absolute Gasteiger partial charge is 0.296 e. The van der Waals surface area contributed by atoms with Crippen LogP contribution in [0.1, 0.15) is 35.6 Å². The fraction of sp³-hybridized carbons (Fsp3) is 0.375. The molecule has 128 valence electrons. The molecule has 24 heavy (non-hydrogen) atoms. The Kier molecular flexibility index (Phi) is 5.18. The summed E-state index contributed by atoms with van der Waals surface area (Å²) < 4.78 is 6.99.